The zero-order valence-corrected chi connectivity index (χ0v) is 13.5. The van der Waals surface area contributed by atoms with Gasteiger partial charge in [0.2, 0.25) is 0 Å². The maximum atomic E-state index is 12.5. The number of halogens is 1. The van der Waals surface area contributed by atoms with Gasteiger partial charge >= 0.3 is 0 Å². The van der Waals surface area contributed by atoms with E-state index in [9.17, 15) is 4.79 Å². The van der Waals surface area contributed by atoms with E-state index in [0.29, 0.717) is 17.1 Å². The smallest absolute Gasteiger partial charge is 0.266 e. The van der Waals surface area contributed by atoms with Gasteiger partial charge in [0.05, 0.1) is 5.69 Å². The lowest BCUT2D eigenvalue weighted by Gasteiger charge is -2.19. The third-order valence-corrected chi connectivity index (χ3v) is 4.71. The lowest BCUT2D eigenvalue weighted by molar-refractivity contribution is 0.0770. The Morgan fingerprint density at radius 1 is 1.42 bits per heavy atom. The first kappa shape index (κ1) is 14.3. The van der Waals surface area contributed by atoms with Gasteiger partial charge in [-0.15, -0.1) is 11.3 Å². The molecule has 1 aromatic carbocycles. The Hall–Kier alpha value is -1.07. The minimum absolute atomic E-state index is 0.0409. The van der Waals surface area contributed by atoms with E-state index in [2.05, 4.69) is 22.9 Å². The van der Waals surface area contributed by atoms with Gasteiger partial charge in [0, 0.05) is 27.6 Å². The maximum absolute atomic E-state index is 12.5. The van der Waals surface area contributed by atoms with Crippen LogP contribution in [0.15, 0.2) is 22.7 Å². The summed E-state index contributed by atoms with van der Waals surface area (Å²) < 4.78 is 2.03. The number of carbonyl (C=O) groups excluding carboxylic acids is 1. The number of rotatable bonds is 4. The Kier molecular flexibility index (Phi) is 4.47. The molecule has 1 aromatic heterocycles. The molecule has 0 aliphatic carbocycles. The number of nitrogens with two attached hydrogens (primary N) is 1. The van der Waals surface area contributed by atoms with Gasteiger partial charge in [-0.1, -0.05) is 22.9 Å². The Morgan fingerprint density at radius 3 is 2.79 bits per heavy atom. The van der Waals surface area contributed by atoms with E-state index >= 15 is 0 Å². The van der Waals surface area contributed by atoms with Crippen molar-refractivity contribution in [3.63, 3.8) is 0 Å². The Morgan fingerprint density at radius 2 is 2.16 bits per heavy atom. The van der Waals surface area contributed by atoms with Crippen LogP contribution in [0.25, 0.3) is 10.1 Å². The topological polar surface area (TPSA) is 46.3 Å². The summed E-state index contributed by atoms with van der Waals surface area (Å²) in [7, 11) is 0. The molecule has 0 radical (unpaired) electrons. The number of nitrogens with zero attached hydrogens (tertiary/aromatic N) is 1. The number of fused-ring (bicyclic) bond motifs is 1. The number of thiophene rings is 1. The second kappa shape index (κ2) is 5.92. The predicted octanol–water partition coefficient (Wildman–Crippen LogP) is 4.12. The van der Waals surface area contributed by atoms with Gasteiger partial charge in [-0.25, -0.2) is 0 Å². The van der Waals surface area contributed by atoms with Crippen LogP contribution in [-0.2, 0) is 0 Å². The summed E-state index contributed by atoms with van der Waals surface area (Å²) in [6.07, 6.45) is 0.954. The minimum Gasteiger partial charge on any atom is -0.397 e. The Balaban J connectivity index is 2.45. The van der Waals surface area contributed by atoms with Crippen molar-refractivity contribution >= 4 is 48.9 Å². The zero-order valence-electron chi connectivity index (χ0n) is 11.1. The summed E-state index contributed by atoms with van der Waals surface area (Å²) in [6.45, 7) is 5.55. The summed E-state index contributed by atoms with van der Waals surface area (Å²) in [5.41, 5.74) is 6.74. The molecule has 2 N–H and O–H groups in total. The van der Waals surface area contributed by atoms with Crippen LogP contribution < -0.4 is 5.73 Å². The van der Waals surface area contributed by atoms with Gasteiger partial charge in [0.1, 0.15) is 4.88 Å². The molecular weight excluding hydrogens is 324 g/mol. The summed E-state index contributed by atoms with van der Waals surface area (Å²) in [5, 5.41) is 0.954. The zero-order chi connectivity index (χ0) is 14.0. The molecule has 2 aromatic rings. The van der Waals surface area contributed by atoms with Crippen molar-refractivity contribution in [1.29, 1.82) is 0 Å². The van der Waals surface area contributed by atoms with Crippen LogP contribution in [0.5, 0.6) is 0 Å². The quantitative estimate of drug-likeness (QED) is 0.909. The first-order valence-corrected chi connectivity index (χ1v) is 7.96. The molecule has 0 saturated carbocycles. The standard InChI is InChI=1S/C14H17BrN2OS/c1-3-7-17(4-2)14(18)13-12(16)10-8-9(15)5-6-11(10)19-13/h5-6,8H,3-4,7,16H2,1-2H3. The van der Waals surface area contributed by atoms with Gasteiger partial charge < -0.3 is 10.6 Å². The summed E-state index contributed by atoms with van der Waals surface area (Å²) in [6, 6.07) is 5.93. The number of amides is 1. The van der Waals surface area contributed by atoms with Crippen molar-refractivity contribution in [3.8, 4) is 0 Å². The molecule has 5 heteroatoms. The number of carbonyl (C=O) groups is 1. The number of anilines is 1. The van der Waals surface area contributed by atoms with E-state index in [1.165, 1.54) is 11.3 Å². The molecule has 2 rings (SSSR count). The number of hydrogen-bond donors (Lipinski definition) is 1. The fourth-order valence-corrected chi connectivity index (χ4v) is 3.50. The normalized spacial score (nSPS) is 10.9. The van der Waals surface area contributed by atoms with Crippen molar-refractivity contribution in [2.75, 3.05) is 18.8 Å². The van der Waals surface area contributed by atoms with Crippen LogP contribution in [0, 0.1) is 0 Å². The highest BCUT2D eigenvalue weighted by atomic mass is 79.9. The molecule has 0 saturated heterocycles. The van der Waals surface area contributed by atoms with Crippen LogP contribution in [0.3, 0.4) is 0 Å². The average molecular weight is 341 g/mol. The van der Waals surface area contributed by atoms with E-state index in [1.54, 1.807) is 0 Å². The molecule has 3 nitrogen and oxygen atoms in total. The molecule has 0 unspecified atom stereocenters. The SMILES string of the molecule is CCCN(CC)C(=O)c1sc2ccc(Br)cc2c1N. The van der Waals surface area contributed by atoms with Crippen LogP contribution in [0.1, 0.15) is 29.9 Å². The summed E-state index contributed by atoms with van der Waals surface area (Å²) in [4.78, 5) is 15.0. The highest BCUT2D eigenvalue weighted by Gasteiger charge is 2.20. The van der Waals surface area contributed by atoms with Crippen molar-refractivity contribution < 1.29 is 4.79 Å². The number of benzene rings is 1. The molecular formula is C14H17BrN2OS. The van der Waals surface area contributed by atoms with E-state index in [0.717, 1.165) is 27.5 Å². The van der Waals surface area contributed by atoms with E-state index < -0.39 is 0 Å². The number of hydrogen-bond acceptors (Lipinski definition) is 3. The second-order valence-electron chi connectivity index (χ2n) is 4.37. The molecule has 0 aliphatic heterocycles. The van der Waals surface area contributed by atoms with Crippen LogP contribution in [0.2, 0.25) is 0 Å². The fourth-order valence-electron chi connectivity index (χ4n) is 2.06. The predicted molar refractivity (Wildman–Crippen MR) is 85.8 cm³/mol. The van der Waals surface area contributed by atoms with Gasteiger partial charge in [-0.2, -0.15) is 0 Å². The van der Waals surface area contributed by atoms with E-state index in [4.69, 9.17) is 5.73 Å². The van der Waals surface area contributed by atoms with E-state index in [-0.39, 0.29) is 5.91 Å². The van der Waals surface area contributed by atoms with Crippen molar-refractivity contribution in [2.45, 2.75) is 20.3 Å². The lowest BCUT2D eigenvalue weighted by atomic mass is 10.2. The molecule has 0 atom stereocenters. The first-order chi connectivity index (χ1) is 9.08. The highest BCUT2D eigenvalue weighted by molar-refractivity contribution is 9.10. The molecule has 0 fully saturated rings. The second-order valence-corrected chi connectivity index (χ2v) is 6.34. The molecule has 102 valence electrons. The van der Waals surface area contributed by atoms with Crippen molar-refractivity contribution in [2.24, 2.45) is 0 Å². The van der Waals surface area contributed by atoms with Gasteiger partial charge in [0.25, 0.3) is 5.91 Å². The van der Waals surface area contributed by atoms with Gasteiger partial charge in [-0.3, -0.25) is 4.79 Å². The average Bonchev–Trinajstić information content (AvgIpc) is 2.72. The molecule has 0 aliphatic rings. The molecule has 0 spiro atoms. The largest absolute Gasteiger partial charge is 0.397 e. The molecule has 0 bridgehead atoms. The first-order valence-electron chi connectivity index (χ1n) is 6.35. The molecule has 19 heavy (non-hydrogen) atoms. The van der Waals surface area contributed by atoms with E-state index in [1.807, 2.05) is 30.0 Å². The lowest BCUT2D eigenvalue weighted by Crippen LogP contribution is -2.31. The summed E-state index contributed by atoms with van der Waals surface area (Å²) in [5.74, 6) is 0.0409. The van der Waals surface area contributed by atoms with Crippen LogP contribution in [0.4, 0.5) is 5.69 Å². The van der Waals surface area contributed by atoms with Crippen LogP contribution >= 0.6 is 27.3 Å². The Bertz CT molecular complexity index is 609. The summed E-state index contributed by atoms with van der Waals surface area (Å²) >= 11 is 4.91. The van der Waals surface area contributed by atoms with Crippen LogP contribution in [-0.4, -0.2) is 23.9 Å². The van der Waals surface area contributed by atoms with Gasteiger partial charge in [-0.05, 0) is 31.5 Å². The third-order valence-electron chi connectivity index (χ3n) is 3.05. The third kappa shape index (κ3) is 2.77. The minimum atomic E-state index is 0.0409. The van der Waals surface area contributed by atoms with Crippen molar-refractivity contribution in [3.05, 3.63) is 27.5 Å². The Labute approximate surface area is 125 Å². The maximum Gasteiger partial charge on any atom is 0.266 e. The molecule has 1 heterocycles. The van der Waals surface area contributed by atoms with Crippen molar-refractivity contribution in [1.82, 2.24) is 4.90 Å². The monoisotopic (exact) mass is 340 g/mol. The highest BCUT2D eigenvalue weighted by Crippen LogP contribution is 2.36. The van der Waals surface area contributed by atoms with Gasteiger partial charge in [0.15, 0.2) is 0 Å². The fraction of sp³-hybridized carbons (Fsp3) is 0.357. The number of nitrogen functional groups attached to an aromatic ring is 1. The molecule has 1 amide bonds.